The van der Waals surface area contributed by atoms with Crippen molar-refractivity contribution in [3.63, 3.8) is 0 Å². The summed E-state index contributed by atoms with van der Waals surface area (Å²) in [7, 11) is 0. The number of carbonyl (C=O) groups excluding carboxylic acids is 2. The number of nitrogens with zero attached hydrogens (tertiary/aromatic N) is 6. The molecule has 9 nitrogen and oxygen atoms in total. The summed E-state index contributed by atoms with van der Waals surface area (Å²) in [5, 5.41) is 15.7. The number of rotatable bonds is 5. The molecule has 6 rings (SSSR count). The Labute approximate surface area is 228 Å². The van der Waals surface area contributed by atoms with Crippen LogP contribution in [-0.4, -0.2) is 54.0 Å². The van der Waals surface area contributed by atoms with Crippen molar-refractivity contribution < 1.29 is 18.4 Å². The molecule has 1 aliphatic rings. The second-order valence-corrected chi connectivity index (χ2v) is 9.83. The highest BCUT2D eigenvalue weighted by Gasteiger charge is 2.55. The first-order valence-corrected chi connectivity index (χ1v) is 12.7. The molecule has 40 heavy (non-hydrogen) atoms. The van der Waals surface area contributed by atoms with Crippen LogP contribution >= 0.6 is 0 Å². The summed E-state index contributed by atoms with van der Waals surface area (Å²) in [5.74, 6) is -1.42. The minimum absolute atomic E-state index is 0.141. The molecule has 1 N–H and O–H groups in total. The fourth-order valence-corrected chi connectivity index (χ4v) is 5.49. The highest BCUT2D eigenvalue weighted by Crippen LogP contribution is 2.40. The first kappa shape index (κ1) is 25.4. The van der Waals surface area contributed by atoms with Crippen molar-refractivity contribution >= 4 is 28.5 Å². The summed E-state index contributed by atoms with van der Waals surface area (Å²) in [6, 6.07) is 16.9. The van der Waals surface area contributed by atoms with Crippen LogP contribution in [0.2, 0.25) is 0 Å². The van der Waals surface area contributed by atoms with Gasteiger partial charge in [0, 0.05) is 36.6 Å². The molecule has 0 saturated carbocycles. The van der Waals surface area contributed by atoms with Crippen molar-refractivity contribution in [2.75, 3.05) is 11.9 Å². The van der Waals surface area contributed by atoms with Crippen LogP contribution in [0.25, 0.3) is 27.7 Å². The number of benzene rings is 2. The number of alkyl halides is 1. The zero-order valence-corrected chi connectivity index (χ0v) is 21.8. The fourth-order valence-electron chi connectivity index (χ4n) is 5.49. The third kappa shape index (κ3) is 4.10. The largest absolute Gasteiger partial charge is 0.316 e. The van der Waals surface area contributed by atoms with Gasteiger partial charge >= 0.3 is 0 Å². The number of anilines is 1. The number of para-hydroxylation sites is 1. The van der Waals surface area contributed by atoms with Crippen LogP contribution in [0.15, 0.2) is 79.3 Å². The van der Waals surface area contributed by atoms with Gasteiger partial charge in [-0.25, -0.2) is 13.5 Å². The van der Waals surface area contributed by atoms with Crippen LogP contribution in [0.3, 0.4) is 0 Å². The van der Waals surface area contributed by atoms with Gasteiger partial charge in [-0.05, 0) is 48.9 Å². The van der Waals surface area contributed by atoms with E-state index < -0.39 is 29.5 Å². The summed E-state index contributed by atoms with van der Waals surface area (Å²) in [6.45, 7) is 2.79. The number of aromatic nitrogens is 5. The van der Waals surface area contributed by atoms with Crippen LogP contribution < -0.4 is 5.32 Å². The molecule has 0 aliphatic carbocycles. The number of hydrogen-bond acceptors (Lipinski definition) is 5. The average Bonchev–Trinajstić information content (AvgIpc) is 3.64. The Morgan fingerprint density at radius 1 is 1.05 bits per heavy atom. The van der Waals surface area contributed by atoms with Gasteiger partial charge in [0.1, 0.15) is 23.5 Å². The van der Waals surface area contributed by atoms with E-state index in [1.54, 1.807) is 48.3 Å². The quantitative estimate of drug-likeness (QED) is 0.350. The smallest absolute Gasteiger partial charge is 0.272 e. The number of hydrogen-bond donors (Lipinski definition) is 1. The van der Waals surface area contributed by atoms with Crippen molar-refractivity contribution in [3.8, 4) is 16.8 Å². The molecule has 0 spiro atoms. The van der Waals surface area contributed by atoms with E-state index >= 15 is 4.39 Å². The summed E-state index contributed by atoms with van der Waals surface area (Å²) >= 11 is 0. The lowest BCUT2D eigenvalue weighted by atomic mass is 10.0. The van der Waals surface area contributed by atoms with E-state index in [0.29, 0.717) is 11.2 Å². The molecule has 2 atom stereocenters. The zero-order chi connectivity index (χ0) is 28.0. The molecular formula is C29H25F2N7O2. The molecule has 3 aromatic heterocycles. The van der Waals surface area contributed by atoms with Gasteiger partial charge in [0.15, 0.2) is 0 Å². The van der Waals surface area contributed by atoms with Gasteiger partial charge < -0.3 is 14.8 Å². The predicted molar refractivity (Wildman–Crippen MR) is 145 cm³/mol. The molecule has 202 valence electrons. The van der Waals surface area contributed by atoms with E-state index in [1.807, 2.05) is 30.3 Å². The van der Waals surface area contributed by atoms with Crippen molar-refractivity contribution in [1.29, 1.82) is 0 Å². The molecular weight excluding hydrogens is 516 g/mol. The summed E-state index contributed by atoms with van der Waals surface area (Å²) in [4.78, 5) is 28.4. The van der Waals surface area contributed by atoms with Crippen LogP contribution in [-0.2, 0) is 15.3 Å². The van der Waals surface area contributed by atoms with Crippen LogP contribution in [0.4, 0.5) is 14.6 Å². The lowest BCUT2D eigenvalue weighted by molar-refractivity contribution is -0.146. The monoisotopic (exact) mass is 541 g/mol. The van der Waals surface area contributed by atoms with Crippen LogP contribution in [0.5, 0.6) is 0 Å². The van der Waals surface area contributed by atoms with Gasteiger partial charge in [0.05, 0.1) is 30.1 Å². The molecule has 2 amide bonds. The van der Waals surface area contributed by atoms with E-state index in [-0.39, 0.29) is 24.5 Å². The normalized spacial score (nSPS) is 18.8. The third-order valence-electron chi connectivity index (χ3n) is 7.24. The van der Waals surface area contributed by atoms with Crippen molar-refractivity contribution in [3.05, 3.63) is 90.8 Å². The Balaban J connectivity index is 1.47. The maximum absolute atomic E-state index is 15.1. The van der Waals surface area contributed by atoms with E-state index in [2.05, 4.69) is 20.6 Å². The number of aryl methyl sites for hydroxylation is 1. The van der Waals surface area contributed by atoms with Crippen molar-refractivity contribution in [1.82, 2.24) is 29.4 Å². The molecule has 1 aliphatic heterocycles. The second-order valence-electron chi connectivity index (χ2n) is 9.83. The Hall–Kier alpha value is -4.93. The average molecular weight is 542 g/mol. The molecule has 1 saturated heterocycles. The van der Waals surface area contributed by atoms with Gasteiger partial charge in [0.25, 0.3) is 5.91 Å². The minimum atomic E-state index is -1.72. The van der Waals surface area contributed by atoms with E-state index in [1.165, 1.54) is 28.6 Å². The fraction of sp³-hybridized carbons (Fsp3) is 0.207. The lowest BCUT2D eigenvalue weighted by Crippen LogP contribution is -2.56. The third-order valence-corrected chi connectivity index (χ3v) is 7.24. The highest BCUT2D eigenvalue weighted by atomic mass is 19.1. The molecule has 0 bridgehead atoms. The molecule has 2 unspecified atom stereocenters. The second kappa shape index (κ2) is 9.67. The maximum atomic E-state index is 15.1. The van der Waals surface area contributed by atoms with Crippen LogP contribution in [0, 0.1) is 12.7 Å². The Morgan fingerprint density at radius 3 is 2.62 bits per heavy atom. The number of nitrogens with one attached hydrogen (secondary N) is 1. The van der Waals surface area contributed by atoms with E-state index in [4.69, 9.17) is 0 Å². The van der Waals surface area contributed by atoms with Gasteiger partial charge in [0.2, 0.25) is 11.6 Å². The Bertz CT molecular complexity index is 1750. The van der Waals surface area contributed by atoms with Crippen LogP contribution in [0.1, 0.15) is 19.0 Å². The minimum Gasteiger partial charge on any atom is -0.316 e. The molecule has 2 aromatic carbocycles. The first-order valence-electron chi connectivity index (χ1n) is 12.7. The molecule has 11 heteroatoms. The topological polar surface area (TPSA) is 97.9 Å². The number of likely N-dealkylation sites (tertiary alicyclic amines) is 1. The number of halogens is 2. The van der Waals surface area contributed by atoms with Gasteiger partial charge in [-0.3, -0.25) is 9.59 Å². The van der Waals surface area contributed by atoms with Crippen molar-refractivity contribution in [2.24, 2.45) is 0 Å². The molecule has 1 fully saturated rings. The number of carbonyl (C=O) groups is 2. The zero-order valence-electron chi connectivity index (χ0n) is 21.8. The number of fused-ring (bicyclic) bond motifs is 1. The van der Waals surface area contributed by atoms with Gasteiger partial charge in [-0.2, -0.15) is 15.3 Å². The molecule has 5 aromatic rings. The summed E-state index contributed by atoms with van der Waals surface area (Å²) in [5.41, 5.74) is 1.36. The van der Waals surface area contributed by atoms with E-state index in [0.717, 1.165) is 16.5 Å². The molecule has 0 radical (unpaired) electrons. The first-order chi connectivity index (χ1) is 19.3. The summed E-state index contributed by atoms with van der Waals surface area (Å²) in [6.07, 6.45) is 3.24. The van der Waals surface area contributed by atoms with Gasteiger partial charge in [-0.15, -0.1) is 0 Å². The highest BCUT2D eigenvalue weighted by molar-refractivity contribution is 6.00. The number of amides is 2. The van der Waals surface area contributed by atoms with E-state index in [9.17, 15) is 14.0 Å². The summed E-state index contributed by atoms with van der Waals surface area (Å²) < 4.78 is 32.7. The SMILES string of the molecule is CC(=O)N1CC(F)CC1(C(=O)Nc1cc(C)nn1-c1ccccc1F)n1ccc2cc(-c3ccnnc3)ccc21. The lowest BCUT2D eigenvalue weighted by Gasteiger charge is -2.38. The maximum Gasteiger partial charge on any atom is 0.272 e. The predicted octanol–water partition coefficient (Wildman–Crippen LogP) is 4.61. The Kier molecular flexibility index (Phi) is 6.13. The molecule has 4 heterocycles. The Morgan fingerprint density at radius 2 is 1.88 bits per heavy atom. The van der Waals surface area contributed by atoms with Crippen molar-refractivity contribution in [2.45, 2.75) is 32.1 Å². The standard InChI is InChI=1S/C29H25F2N7O2/c1-18-13-27(38(35-18)26-6-4-3-5-24(26)31)34-28(40)29(15-23(30)17-37(29)19(2)39)36-12-10-21-14-20(7-8-25(21)36)22-9-11-32-33-16-22/h3-14,16,23H,15,17H2,1-2H3,(H,34,40). The van der Waals surface area contributed by atoms with Gasteiger partial charge in [-0.1, -0.05) is 18.2 Å².